The number of benzene rings is 2. The molecule has 1 N–H and O–H groups in total. The first-order valence-electron chi connectivity index (χ1n) is 10.6. The molecular weight excluding hydrogens is 414 g/mol. The number of fused-ring (bicyclic) bond motifs is 1. The van der Waals surface area contributed by atoms with E-state index >= 15 is 0 Å². The molecule has 0 unspecified atom stereocenters. The summed E-state index contributed by atoms with van der Waals surface area (Å²) in [5, 5.41) is 4.02. The third-order valence-corrected chi connectivity index (χ3v) is 5.63. The quantitative estimate of drug-likeness (QED) is 0.643. The van der Waals surface area contributed by atoms with Gasteiger partial charge in [0.15, 0.2) is 11.6 Å². The number of nitrogens with zero attached hydrogens (tertiary/aromatic N) is 3. The molecule has 0 aliphatic carbocycles. The third kappa shape index (κ3) is 5.08. The predicted molar refractivity (Wildman–Crippen MR) is 117 cm³/mol. The number of carbonyl (C=O) groups is 2. The van der Waals surface area contributed by atoms with E-state index in [0.29, 0.717) is 39.1 Å². The monoisotopic (exact) mass is 438 g/mol. The maximum absolute atomic E-state index is 13.4. The fourth-order valence-electron chi connectivity index (χ4n) is 3.89. The molecule has 0 spiro atoms. The zero-order chi connectivity index (χ0) is 22.5. The van der Waals surface area contributed by atoms with E-state index < -0.39 is 11.6 Å². The lowest BCUT2D eigenvalue weighted by atomic mass is 10.1. The molecule has 0 bridgehead atoms. The van der Waals surface area contributed by atoms with Crippen LogP contribution in [0.1, 0.15) is 15.9 Å². The molecule has 1 fully saturated rings. The number of carbonyl (C=O) groups excluding carboxylic acids is 2. The van der Waals surface area contributed by atoms with Crippen molar-refractivity contribution < 1.29 is 18.4 Å². The van der Waals surface area contributed by atoms with E-state index in [9.17, 15) is 18.4 Å². The van der Waals surface area contributed by atoms with Crippen molar-refractivity contribution in [3.05, 3.63) is 77.5 Å². The summed E-state index contributed by atoms with van der Waals surface area (Å²) < 4.78 is 26.5. The maximum atomic E-state index is 13.4. The van der Waals surface area contributed by atoms with Crippen LogP contribution in [0.5, 0.6) is 0 Å². The maximum Gasteiger partial charge on any atom is 0.254 e. The van der Waals surface area contributed by atoms with Gasteiger partial charge in [-0.15, -0.1) is 0 Å². The lowest BCUT2D eigenvalue weighted by Crippen LogP contribution is -2.51. The van der Waals surface area contributed by atoms with Crippen molar-refractivity contribution in [2.75, 3.05) is 39.3 Å². The van der Waals surface area contributed by atoms with Gasteiger partial charge in [-0.3, -0.25) is 19.5 Å². The summed E-state index contributed by atoms with van der Waals surface area (Å²) in [5.74, 6) is -2.42. The molecule has 1 aromatic heterocycles. The van der Waals surface area contributed by atoms with E-state index in [1.54, 1.807) is 11.1 Å². The molecule has 0 saturated carbocycles. The molecule has 2 amide bonds. The second-order valence-corrected chi connectivity index (χ2v) is 7.79. The van der Waals surface area contributed by atoms with Crippen LogP contribution in [0.25, 0.3) is 10.9 Å². The number of aromatic nitrogens is 1. The molecule has 2 heterocycles. The van der Waals surface area contributed by atoms with Gasteiger partial charge in [0.25, 0.3) is 5.91 Å². The highest BCUT2D eigenvalue weighted by atomic mass is 19.2. The Hall–Kier alpha value is -3.39. The summed E-state index contributed by atoms with van der Waals surface area (Å²) in [6, 6.07) is 13.1. The topological polar surface area (TPSA) is 65.5 Å². The number of rotatable bonds is 6. The Bertz CT molecular complexity index is 1120. The minimum absolute atomic E-state index is 0.0708. The third-order valence-electron chi connectivity index (χ3n) is 5.63. The molecule has 8 heteroatoms. The van der Waals surface area contributed by atoms with Crippen LogP contribution in [0.3, 0.4) is 0 Å². The number of hydrogen-bond acceptors (Lipinski definition) is 4. The van der Waals surface area contributed by atoms with Crippen molar-refractivity contribution in [1.29, 1.82) is 0 Å². The fourth-order valence-corrected chi connectivity index (χ4v) is 3.89. The molecular formula is C24H24F2N4O2. The van der Waals surface area contributed by atoms with Crippen molar-refractivity contribution in [3.63, 3.8) is 0 Å². The second kappa shape index (κ2) is 9.82. The van der Waals surface area contributed by atoms with Gasteiger partial charge in [0.2, 0.25) is 5.91 Å². The average Bonchev–Trinajstić information content (AvgIpc) is 2.81. The van der Waals surface area contributed by atoms with Gasteiger partial charge in [-0.1, -0.05) is 24.3 Å². The molecule has 6 nitrogen and oxygen atoms in total. The highest BCUT2D eigenvalue weighted by molar-refractivity contribution is 5.94. The van der Waals surface area contributed by atoms with Crippen LogP contribution in [0.4, 0.5) is 8.78 Å². The highest BCUT2D eigenvalue weighted by Gasteiger charge is 2.24. The largest absolute Gasteiger partial charge is 0.355 e. The Labute approximate surface area is 184 Å². The van der Waals surface area contributed by atoms with Gasteiger partial charge >= 0.3 is 0 Å². The minimum atomic E-state index is -1.04. The van der Waals surface area contributed by atoms with Gasteiger partial charge in [0.1, 0.15) is 0 Å². The standard InChI is InChI=1S/C24H24F2N4O2/c25-20-7-6-19(15-21(20)26)24(32)30-13-11-29(12-14-30)16-22(31)27-10-8-18-4-1-3-17-5-2-9-28-23(17)18/h1-7,9,15H,8,10-14,16H2,(H,27,31). The van der Waals surface area contributed by atoms with Crippen LogP contribution < -0.4 is 5.32 Å². The lowest BCUT2D eigenvalue weighted by Gasteiger charge is -2.34. The SMILES string of the molecule is O=C(CN1CCN(C(=O)c2ccc(F)c(F)c2)CC1)NCCc1cccc2cccnc12. The Morgan fingerprint density at radius 2 is 1.75 bits per heavy atom. The van der Waals surface area contributed by atoms with E-state index in [1.807, 2.05) is 35.2 Å². The fraction of sp³-hybridized carbons (Fsp3) is 0.292. The first-order chi connectivity index (χ1) is 15.5. The Balaban J connectivity index is 1.22. The number of para-hydroxylation sites is 1. The second-order valence-electron chi connectivity index (χ2n) is 7.79. The molecule has 4 rings (SSSR count). The molecule has 166 valence electrons. The lowest BCUT2D eigenvalue weighted by molar-refractivity contribution is -0.122. The van der Waals surface area contributed by atoms with Gasteiger partial charge in [0.05, 0.1) is 12.1 Å². The molecule has 1 aliphatic heterocycles. The molecule has 32 heavy (non-hydrogen) atoms. The molecule has 1 aliphatic rings. The van der Waals surface area contributed by atoms with Gasteiger partial charge < -0.3 is 10.2 Å². The number of halogens is 2. The van der Waals surface area contributed by atoms with E-state index in [2.05, 4.69) is 10.3 Å². The highest BCUT2D eigenvalue weighted by Crippen LogP contribution is 2.16. The summed E-state index contributed by atoms with van der Waals surface area (Å²) in [4.78, 5) is 32.8. The van der Waals surface area contributed by atoms with Gasteiger partial charge in [-0.2, -0.15) is 0 Å². The molecule has 3 aromatic rings. The van der Waals surface area contributed by atoms with Gasteiger partial charge in [-0.25, -0.2) is 8.78 Å². The van der Waals surface area contributed by atoms with Crippen LogP contribution in [0.15, 0.2) is 54.7 Å². The van der Waals surface area contributed by atoms with Crippen molar-refractivity contribution in [2.45, 2.75) is 6.42 Å². The summed E-state index contributed by atoms with van der Waals surface area (Å²) in [6.45, 7) is 2.69. The van der Waals surface area contributed by atoms with Crippen LogP contribution in [0.2, 0.25) is 0 Å². The van der Waals surface area contributed by atoms with Crippen molar-refractivity contribution in [3.8, 4) is 0 Å². The smallest absolute Gasteiger partial charge is 0.254 e. The van der Waals surface area contributed by atoms with Crippen molar-refractivity contribution in [1.82, 2.24) is 20.1 Å². The first kappa shape index (κ1) is 21.8. The Morgan fingerprint density at radius 1 is 0.969 bits per heavy atom. The normalized spacial score (nSPS) is 14.5. The average molecular weight is 438 g/mol. The number of pyridine rings is 1. The minimum Gasteiger partial charge on any atom is -0.355 e. The van der Waals surface area contributed by atoms with Crippen molar-refractivity contribution in [2.24, 2.45) is 0 Å². The number of amides is 2. The molecule has 1 saturated heterocycles. The van der Waals surface area contributed by atoms with Crippen LogP contribution in [0, 0.1) is 11.6 Å². The number of hydrogen-bond donors (Lipinski definition) is 1. The number of nitrogens with one attached hydrogen (secondary N) is 1. The first-order valence-corrected chi connectivity index (χ1v) is 10.6. The van der Waals surface area contributed by atoms with Gasteiger partial charge in [0, 0.05) is 49.9 Å². The summed E-state index contributed by atoms with van der Waals surface area (Å²) in [7, 11) is 0. The van der Waals surface area contributed by atoms with Crippen LogP contribution >= 0.6 is 0 Å². The van der Waals surface area contributed by atoms with E-state index in [-0.39, 0.29) is 23.9 Å². The van der Waals surface area contributed by atoms with E-state index in [1.165, 1.54) is 6.07 Å². The number of piperazine rings is 1. The zero-order valence-electron chi connectivity index (χ0n) is 17.6. The predicted octanol–water partition coefficient (Wildman–Crippen LogP) is 2.63. The summed E-state index contributed by atoms with van der Waals surface area (Å²) in [6.07, 6.45) is 2.46. The van der Waals surface area contributed by atoms with Crippen molar-refractivity contribution >= 4 is 22.7 Å². The van der Waals surface area contributed by atoms with Crippen LogP contribution in [-0.2, 0) is 11.2 Å². The van der Waals surface area contributed by atoms with E-state index in [0.717, 1.165) is 28.6 Å². The summed E-state index contributed by atoms with van der Waals surface area (Å²) >= 11 is 0. The zero-order valence-corrected chi connectivity index (χ0v) is 17.6. The van der Waals surface area contributed by atoms with Crippen LogP contribution in [-0.4, -0.2) is 65.9 Å². The van der Waals surface area contributed by atoms with Gasteiger partial charge in [-0.05, 0) is 36.2 Å². The molecule has 0 atom stereocenters. The molecule has 2 aromatic carbocycles. The Morgan fingerprint density at radius 3 is 2.53 bits per heavy atom. The molecule has 0 radical (unpaired) electrons. The Kier molecular flexibility index (Phi) is 6.70. The summed E-state index contributed by atoms with van der Waals surface area (Å²) in [5.41, 5.74) is 2.16. The van der Waals surface area contributed by atoms with E-state index in [4.69, 9.17) is 0 Å².